The van der Waals surface area contributed by atoms with Crippen molar-refractivity contribution in [2.24, 2.45) is 0 Å². The molecule has 0 aliphatic carbocycles. The Labute approximate surface area is 194 Å². The number of para-hydroxylation sites is 3. The Hall–Kier alpha value is -4.21. The average molecular weight is 464 g/mol. The third-order valence-electron chi connectivity index (χ3n) is 5.83. The zero-order valence-corrected chi connectivity index (χ0v) is 19.0. The number of benzene rings is 2. The second kappa shape index (κ2) is 8.62. The first-order valence-corrected chi connectivity index (χ1v) is 10.8. The van der Waals surface area contributed by atoms with Crippen LogP contribution in [-0.2, 0) is 25.7 Å². The highest BCUT2D eigenvalue weighted by atomic mass is 16.5. The van der Waals surface area contributed by atoms with Gasteiger partial charge in [0.15, 0.2) is 6.10 Å². The number of aromatic nitrogens is 2. The Morgan fingerprint density at radius 3 is 2.47 bits per heavy atom. The number of hydrogen-bond donors (Lipinski definition) is 2. The van der Waals surface area contributed by atoms with Crippen LogP contribution in [0, 0.1) is 0 Å². The summed E-state index contributed by atoms with van der Waals surface area (Å²) in [6.45, 7) is 4.61. The van der Waals surface area contributed by atoms with Crippen LogP contribution in [0.3, 0.4) is 0 Å². The zero-order chi connectivity index (χ0) is 24.6. The highest BCUT2D eigenvalue weighted by molar-refractivity contribution is 6.15. The third kappa shape index (κ3) is 3.98. The molecule has 2 heterocycles. The van der Waals surface area contributed by atoms with Crippen molar-refractivity contribution in [1.82, 2.24) is 9.55 Å². The predicted octanol–water partition coefficient (Wildman–Crippen LogP) is 1.78. The number of nitrogens with one attached hydrogen (secondary N) is 2. The van der Waals surface area contributed by atoms with Crippen LogP contribution in [-0.4, -0.2) is 39.0 Å². The van der Waals surface area contributed by atoms with E-state index in [0.717, 1.165) is 0 Å². The third-order valence-corrected chi connectivity index (χ3v) is 5.83. The minimum Gasteiger partial charge on any atom is -0.452 e. The topological polar surface area (TPSA) is 131 Å². The number of amides is 2. The van der Waals surface area contributed by atoms with Crippen molar-refractivity contribution in [3.8, 4) is 0 Å². The first kappa shape index (κ1) is 23.0. The number of carbonyl (C=O) groups is 3. The van der Waals surface area contributed by atoms with Crippen LogP contribution in [0.4, 0.5) is 11.4 Å². The number of fused-ring (bicyclic) bond motifs is 2. The van der Waals surface area contributed by atoms with Crippen LogP contribution in [0.1, 0.15) is 27.2 Å². The van der Waals surface area contributed by atoms with Gasteiger partial charge in [0.2, 0.25) is 5.91 Å². The Bertz CT molecular complexity index is 1420. The van der Waals surface area contributed by atoms with E-state index < -0.39 is 34.8 Å². The second-order valence-corrected chi connectivity index (χ2v) is 8.51. The predicted molar refractivity (Wildman–Crippen MR) is 126 cm³/mol. The Balaban J connectivity index is 1.50. The van der Waals surface area contributed by atoms with E-state index in [2.05, 4.69) is 10.3 Å². The van der Waals surface area contributed by atoms with Crippen molar-refractivity contribution < 1.29 is 19.1 Å². The van der Waals surface area contributed by atoms with Crippen LogP contribution in [0.5, 0.6) is 0 Å². The number of ether oxygens (including phenoxy) is 1. The van der Waals surface area contributed by atoms with Crippen molar-refractivity contribution in [2.75, 3.05) is 10.2 Å². The number of rotatable bonds is 5. The normalized spacial score (nSPS) is 15.4. The van der Waals surface area contributed by atoms with Crippen molar-refractivity contribution in [1.29, 1.82) is 0 Å². The van der Waals surface area contributed by atoms with Crippen LogP contribution < -0.4 is 21.5 Å². The second-order valence-electron chi connectivity index (χ2n) is 8.51. The quantitative estimate of drug-likeness (QED) is 0.554. The Kier molecular flexibility index (Phi) is 5.82. The number of esters is 1. The van der Waals surface area contributed by atoms with Crippen molar-refractivity contribution >= 4 is 40.1 Å². The molecule has 0 saturated heterocycles. The fraction of sp³-hybridized carbons (Fsp3) is 0.292. The number of H-pyrrole nitrogens is 1. The lowest BCUT2D eigenvalue weighted by Crippen LogP contribution is -2.60. The molecule has 0 unspecified atom stereocenters. The molecule has 1 atom stereocenters. The highest BCUT2D eigenvalue weighted by Crippen LogP contribution is 2.37. The van der Waals surface area contributed by atoms with E-state index in [1.807, 2.05) is 0 Å². The number of aryl methyl sites for hydroxylation is 1. The monoisotopic (exact) mass is 464 g/mol. The van der Waals surface area contributed by atoms with E-state index in [-0.39, 0.29) is 18.9 Å². The number of hydrogen-bond acceptors (Lipinski definition) is 6. The van der Waals surface area contributed by atoms with Gasteiger partial charge >= 0.3 is 11.7 Å². The van der Waals surface area contributed by atoms with Gasteiger partial charge in [0, 0.05) is 6.54 Å². The summed E-state index contributed by atoms with van der Waals surface area (Å²) in [4.78, 5) is 66.2. The molecule has 1 aromatic heterocycles. The van der Waals surface area contributed by atoms with E-state index in [4.69, 9.17) is 4.74 Å². The molecule has 0 radical (unpaired) electrons. The molecule has 3 aromatic rings. The van der Waals surface area contributed by atoms with Crippen molar-refractivity contribution in [2.45, 2.75) is 45.4 Å². The van der Waals surface area contributed by atoms with Crippen molar-refractivity contribution in [3.63, 3.8) is 0 Å². The maximum Gasteiger partial charge on any atom is 0.328 e. The van der Waals surface area contributed by atoms with Gasteiger partial charge in [-0.1, -0.05) is 24.3 Å². The lowest BCUT2D eigenvalue weighted by molar-refractivity contribution is -0.154. The number of anilines is 2. The molecule has 1 aliphatic heterocycles. The summed E-state index contributed by atoms with van der Waals surface area (Å²) < 4.78 is 6.63. The van der Waals surface area contributed by atoms with Gasteiger partial charge in [-0.25, -0.2) is 4.79 Å². The maximum atomic E-state index is 13.3. The molecular formula is C24H24N4O6. The highest BCUT2D eigenvalue weighted by Gasteiger charge is 2.45. The molecule has 0 fully saturated rings. The molecule has 0 saturated carbocycles. The average Bonchev–Trinajstić information content (AvgIpc) is 2.79. The molecule has 1 aliphatic rings. The minimum absolute atomic E-state index is 0.0453. The smallest absolute Gasteiger partial charge is 0.328 e. The summed E-state index contributed by atoms with van der Waals surface area (Å²) in [6, 6.07) is 13.4. The summed E-state index contributed by atoms with van der Waals surface area (Å²) in [5.74, 6) is -1.61. The molecule has 34 heavy (non-hydrogen) atoms. The first-order valence-electron chi connectivity index (χ1n) is 10.8. The molecule has 10 heteroatoms. The van der Waals surface area contributed by atoms with E-state index in [9.17, 15) is 24.0 Å². The molecule has 10 nitrogen and oxygen atoms in total. The number of nitrogens with zero attached hydrogens (tertiary/aromatic N) is 2. The standard InChI is InChI=1S/C24H24N4O6/c1-14(21(31)28-18-11-7-5-9-16(18)25-22(32)24(28,2)3)34-19(29)12-13-27-17-10-6-4-8-15(17)20(30)26-23(27)33/h4-11,14H,12-13H2,1-3H3,(H,25,32)(H,26,30,33)/t14-/m0/s1. The molecule has 0 spiro atoms. The van der Waals surface area contributed by atoms with Crippen LogP contribution in [0.2, 0.25) is 0 Å². The number of carbonyl (C=O) groups excluding carboxylic acids is 3. The fourth-order valence-corrected chi connectivity index (χ4v) is 4.00. The summed E-state index contributed by atoms with van der Waals surface area (Å²) in [5.41, 5.74) is -0.959. The Morgan fingerprint density at radius 1 is 1.03 bits per heavy atom. The van der Waals surface area contributed by atoms with E-state index in [1.165, 1.54) is 16.4 Å². The SMILES string of the molecule is C[C@H](OC(=O)CCn1c(=O)[nH]c(=O)c2ccccc21)C(=O)N1c2ccccc2NC(=O)C1(C)C. The van der Waals surface area contributed by atoms with Crippen molar-refractivity contribution in [3.05, 3.63) is 69.4 Å². The van der Waals surface area contributed by atoms with E-state index >= 15 is 0 Å². The van der Waals surface area contributed by atoms with Crippen LogP contribution in [0.25, 0.3) is 10.9 Å². The summed E-state index contributed by atoms with van der Waals surface area (Å²) in [5, 5.41) is 3.10. The van der Waals surface area contributed by atoms with Gasteiger partial charge in [0.25, 0.3) is 11.5 Å². The molecule has 2 aromatic carbocycles. The van der Waals surface area contributed by atoms with Gasteiger partial charge in [-0.05, 0) is 45.0 Å². The summed E-state index contributed by atoms with van der Waals surface area (Å²) in [7, 11) is 0. The summed E-state index contributed by atoms with van der Waals surface area (Å²) >= 11 is 0. The first-order chi connectivity index (χ1) is 16.1. The molecule has 176 valence electrons. The van der Waals surface area contributed by atoms with Gasteiger partial charge in [-0.3, -0.25) is 33.6 Å². The zero-order valence-electron chi connectivity index (χ0n) is 19.0. The molecular weight excluding hydrogens is 440 g/mol. The molecule has 0 bridgehead atoms. The molecule has 2 amide bonds. The van der Waals surface area contributed by atoms with Gasteiger partial charge in [0.05, 0.1) is 28.7 Å². The van der Waals surface area contributed by atoms with E-state index in [1.54, 1.807) is 62.4 Å². The number of aromatic amines is 1. The summed E-state index contributed by atoms with van der Waals surface area (Å²) in [6.07, 6.45) is -1.37. The van der Waals surface area contributed by atoms with Gasteiger partial charge < -0.3 is 10.1 Å². The lowest BCUT2D eigenvalue weighted by Gasteiger charge is -2.42. The lowest BCUT2D eigenvalue weighted by atomic mass is 9.95. The minimum atomic E-state index is -1.20. The van der Waals surface area contributed by atoms with Crippen LogP contribution >= 0.6 is 0 Å². The van der Waals surface area contributed by atoms with Gasteiger partial charge in [-0.15, -0.1) is 0 Å². The van der Waals surface area contributed by atoms with Crippen LogP contribution in [0.15, 0.2) is 58.1 Å². The van der Waals surface area contributed by atoms with Gasteiger partial charge in [0.1, 0.15) is 5.54 Å². The fourth-order valence-electron chi connectivity index (χ4n) is 4.00. The van der Waals surface area contributed by atoms with Gasteiger partial charge in [-0.2, -0.15) is 0 Å². The largest absolute Gasteiger partial charge is 0.452 e. The maximum absolute atomic E-state index is 13.3. The molecule has 4 rings (SSSR count). The van der Waals surface area contributed by atoms with E-state index in [0.29, 0.717) is 22.3 Å². The Morgan fingerprint density at radius 2 is 1.71 bits per heavy atom. The molecule has 2 N–H and O–H groups in total.